The lowest BCUT2D eigenvalue weighted by Crippen LogP contribution is -2.38. The van der Waals surface area contributed by atoms with E-state index >= 15 is 0 Å². The summed E-state index contributed by atoms with van der Waals surface area (Å²) in [5.74, 6) is 0.267. The number of aromatic nitrogens is 2. The topological polar surface area (TPSA) is 89.5 Å². The smallest absolute Gasteiger partial charge is 0.330 e. The molecule has 23 heavy (non-hydrogen) atoms. The summed E-state index contributed by atoms with van der Waals surface area (Å²) in [6.45, 7) is 6.82. The molecule has 0 amide bonds. The molecular weight excluding hydrogens is 318 g/mol. The number of nitrogens with zero attached hydrogens (tertiary/aromatic N) is 3. The number of rotatable bonds is 4. The predicted octanol–water partition coefficient (Wildman–Crippen LogP) is 1.27. The third kappa shape index (κ3) is 5.24. The van der Waals surface area contributed by atoms with Gasteiger partial charge in [-0.2, -0.15) is 0 Å². The molecule has 1 aromatic heterocycles. The number of thiol groups is 1. The summed E-state index contributed by atoms with van der Waals surface area (Å²) in [6.07, 6.45) is 5.08. The number of piperidine rings is 1. The summed E-state index contributed by atoms with van der Waals surface area (Å²) in [6, 6.07) is 0. The molecule has 0 N–H and O–H groups in total. The highest BCUT2D eigenvalue weighted by molar-refractivity contribution is 7.71. The van der Waals surface area contributed by atoms with Crippen molar-refractivity contribution in [2.75, 3.05) is 13.1 Å². The van der Waals surface area contributed by atoms with Crippen LogP contribution in [0.25, 0.3) is 0 Å². The zero-order valence-electron chi connectivity index (χ0n) is 13.7. The minimum atomic E-state index is -2.51. The van der Waals surface area contributed by atoms with Gasteiger partial charge in [-0.25, -0.2) is 23.2 Å². The third-order valence-corrected chi connectivity index (χ3v) is 4.29. The zero-order valence-corrected chi connectivity index (χ0v) is 14.6. The van der Waals surface area contributed by atoms with Gasteiger partial charge in [0.15, 0.2) is 0 Å². The van der Waals surface area contributed by atoms with Gasteiger partial charge < -0.3 is 4.84 Å². The molecule has 1 fully saturated rings. The van der Waals surface area contributed by atoms with Crippen LogP contribution in [0.3, 0.4) is 0 Å². The highest BCUT2D eigenvalue weighted by atomic mass is 32.2. The van der Waals surface area contributed by atoms with E-state index in [1.807, 2.05) is 20.8 Å². The molecule has 128 valence electrons. The Labute approximate surface area is 138 Å². The second-order valence-electron chi connectivity index (χ2n) is 6.76. The first-order valence-corrected chi connectivity index (χ1v) is 9.02. The zero-order chi connectivity index (χ0) is 17.0. The maximum Gasteiger partial charge on any atom is 0.330 e. The Morgan fingerprint density at radius 3 is 2.30 bits per heavy atom. The van der Waals surface area contributed by atoms with Crippen LogP contribution in [0.2, 0.25) is 0 Å². The van der Waals surface area contributed by atoms with Crippen LogP contribution in [-0.4, -0.2) is 42.5 Å². The van der Waals surface area contributed by atoms with Crippen LogP contribution in [0.4, 0.5) is 0 Å². The predicted molar refractivity (Wildman–Crippen MR) is 85.1 cm³/mol. The molecule has 1 saturated heterocycles. The average Bonchev–Trinajstić information content (AvgIpc) is 2.47. The van der Waals surface area contributed by atoms with Crippen molar-refractivity contribution in [3.05, 3.63) is 23.8 Å². The van der Waals surface area contributed by atoms with Crippen LogP contribution in [0, 0.1) is 5.41 Å². The lowest BCUT2D eigenvalue weighted by Gasteiger charge is -2.32. The van der Waals surface area contributed by atoms with Gasteiger partial charge in [0.25, 0.3) is 0 Å². The van der Waals surface area contributed by atoms with Crippen LogP contribution in [0.15, 0.2) is 12.4 Å². The number of carbonyl (C=O) groups excluding carboxylic acids is 1. The Morgan fingerprint density at radius 2 is 1.83 bits per heavy atom. The second kappa shape index (κ2) is 7.35. The Morgan fingerprint density at radius 1 is 1.26 bits per heavy atom. The largest absolute Gasteiger partial charge is 0.367 e. The van der Waals surface area contributed by atoms with Crippen LogP contribution in [-0.2, 0) is 26.1 Å². The number of hydrogen-bond acceptors (Lipinski definition) is 7. The van der Waals surface area contributed by atoms with Crippen molar-refractivity contribution in [2.24, 2.45) is 5.41 Å². The van der Waals surface area contributed by atoms with Crippen molar-refractivity contribution in [1.82, 2.24) is 15.0 Å². The van der Waals surface area contributed by atoms with E-state index in [0.29, 0.717) is 24.8 Å². The Balaban J connectivity index is 1.88. The van der Waals surface area contributed by atoms with Crippen molar-refractivity contribution in [3.8, 4) is 0 Å². The maximum absolute atomic E-state index is 11.9. The van der Waals surface area contributed by atoms with E-state index in [1.54, 1.807) is 17.5 Å². The SMILES string of the molecule is CC(C)(C)C(=O)ON1CCC(c2cnc(C[SH](=O)=O)nc2)CC1. The molecule has 0 radical (unpaired) electrons. The maximum atomic E-state index is 11.9. The first-order chi connectivity index (χ1) is 10.8. The molecule has 0 saturated carbocycles. The molecule has 2 heterocycles. The van der Waals surface area contributed by atoms with Crippen molar-refractivity contribution < 1.29 is 18.0 Å². The molecule has 0 unspecified atom stereocenters. The van der Waals surface area contributed by atoms with Gasteiger partial charge in [0, 0.05) is 25.5 Å². The third-order valence-electron chi connectivity index (χ3n) is 3.75. The van der Waals surface area contributed by atoms with E-state index in [9.17, 15) is 13.2 Å². The molecule has 0 aromatic carbocycles. The summed E-state index contributed by atoms with van der Waals surface area (Å²) in [4.78, 5) is 25.5. The van der Waals surface area contributed by atoms with Crippen molar-refractivity contribution in [1.29, 1.82) is 0 Å². The fourth-order valence-corrected chi connectivity index (χ4v) is 2.70. The number of carbonyl (C=O) groups is 1. The van der Waals surface area contributed by atoms with Crippen molar-refractivity contribution in [3.63, 3.8) is 0 Å². The molecule has 0 spiro atoms. The molecule has 1 aliphatic rings. The van der Waals surface area contributed by atoms with Crippen LogP contribution in [0.1, 0.15) is 50.9 Å². The molecule has 1 aromatic rings. The summed E-state index contributed by atoms with van der Waals surface area (Å²) in [5, 5.41) is 1.71. The standard InChI is InChI=1S/C15H23N3O4S/c1-15(2,3)14(19)22-18-6-4-11(5-7-18)12-8-16-13(17-9-12)10-23(20)21/h8-9,11,23H,4-7,10H2,1-3H3. The van der Waals surface area contributed by atoms with Gasteiger partial charge in [-0.3, -0.25) is 0 Å². The van der Waals surface area contributed by atoms with Gasteiger partial charge in [0.05, 0.1) is 5.41 Å². The van der Waals surface area contributed by atoms with E-state index in [2.05, 4.69) is 9.97 Å². The van der Waals surface area contributed by atoms with Gasteiger partial charge in [0.2, 0.25) is 0 Å². The van der Waals surface area contributed by atoms with Crippen molar-refractivity contribution >= 4 is 16.7 Å². The van der Waals surface area contributed by atoms with Gasteiger partial charge in [-0.1, -0.05) is 0 Å². The molecule has 0 atom stereocenters. The normalized spacial score (nSPS) is 17.4. The second-order valence-corrected chi connectivity index (χ2v) is 7.74. The first kappa shape index (κ1) is 17.8. The van der Waals surface area contributed by atoms with Gasteiger partial charge in [0.1, 0.15) is 22.3 Å². The Kier molecular flexibility index (Phi) is 5.69. The monoisotopic (exact) mass is 341 g/mol. The van der Waals surface area contributed by atoms with Gasteiger partial charge >= 0.3 is 5.97 Å². The molecule has 7 nitrogen and oxygen atoms in total. The number of hydroxylamine groups is 2. The highest BCUT2D eigenvalue weighted by Crippen LogP contribution is 2.28. The Hall–Kier alpha value is -1.54. The molecule has 2 rings (SSSR count). The fourth-order valence-electron chi connectivity index (χ4n) is 2.31. The quantitative estimate of drug-likeness (QED) is 0.825. The minimum absolute atomic E-state index is 0.128. The molecule has 1 aliphatic heterocycles. The van der Waals surface area contributed by atoms with Crippen LogP contribution >= 0.6 is 0 Å². The van der Waals surface area contributed by atoms with E-state index in [0.717, 1.165) is 18.4 Å². The van der Waals surface area contributed by atoms with Crippen LogP contribution < -0.4 is 0 Å². The highest BCUT2D eigenvalue weighted by Gasteiger charge is 2.28. The lowest BCUT2D eigenvalue weighted by molar-refractivity contribution is -0.204. The van der Waals surface area contributed by atoms with E-state index in [4.69, 9.17) is 4.84 Å². The lowest BCUT2D eigenvalue weighted by atomic mass is 9.92. The summed E-state index contributed by atoms with van der Waals surface area (Å²) < 4.78 is 21.3. The minimum Gasteiger partial charge on any atom is -0.367 e. The molecule has 0 bridgehead atoms. The first-order valence-electron chi connectivity index (χ1n) is 7.65. The van der Waals surface area contributed by atoms with Gasteiger partial charge in [-0.15, -0.1) is 5.06 Å². The summed E-state index contributed by atoms with van der Waals surface area (Å²) in [7, 11) is -2.51. The van der Waals surface area contributed by atoms with Crippen LogP contribution in [0.5, 0.6) is 0 Å². The van der Waals surface area contributed by atoms with E-state index in [-0.39, 0.29) is 11.7 Å². The number of hydrogen-bond donors (Lipinski definition) is 1. The summed E-state index contributed by atoms with van der Waals surface area (Å²) >= 11 is 0. The Bertz CT molecular complexity index is 607. The molecular formula is C15H23N3O4S. The molecule has 0 aliphatic carbocycles. The van der Waals surface area contributed by atoms with E-state index < -0.39 is 16.1 Å². The fraction of sp³-hybridized carbons (Fsp3) is 0.667. The average molecular weight is 341 g/mol. The van der Waals surface area contributed by atoms with E-state index in [1.165, 1.54) is 0 Å². The van der Waals surface area contributed by atoms with Crippen molar-refractivity contribution in [2.45, 2.75) is 45.3 Å². The molecule has 8 heteroatoms. The summed E-state index contributed by atoms with van der Waals surface area (Å²) in [5.41, 5.74) is 0.486. The van der Waals surface area contributed by atoms with Gasteiger partial charge in [-0.05, 0) is 45.1 Å².